The third-order valence-electron chi connectivity index (χ3n) is 4.07. The summed E-state index contributed by atoms with van der Waals surface area (Å²) in [6.45, 7) is 3.72. The van der Waals surface area contributed by atoms with Crippen molar-refractivity contribution in [1.82, 2.24) is 14.9 Å². The van der Waals surface area contributed by atoms with E-state index in [0.717, 1.165) is 24.0 Å². The van der Waals surface area contributed by atoms with Crippen molar-refractivity contribution >= 4 is 5.82 Å². The summed E-state index contributed by atoms with van der Waals surface area (Å²) in [5.41, 5.74) is 1.15. The first-order valence-electron chi connectivity index (χ1n) is 7.08. The van der Waals surface area contributed by atoms with E-state index < -0.39 is 0 Å². The Morgan fingerprint density at radius 2 is 2.11 bits per heavy atom. The van der Waals surface area contributed by atoms with Crippen LogP contribution >= 0.6 is 0 Å². The highest BCUT2D eigenvalue weighted by Gasteiger charge is 2.29. The lowest BCUT2D eigenvalue weighted by atomic mass is 9.94. The highest BCUT2D eigenvalue weighted by molar-refractivity contribution is 5.41. The zero-order chi connectivity index (χ0) is 12.4. The van der Waals surface area contributed by atoms with Gasteiger partial charge in [0.25, 0.3) is 0 Å². The summed E-state index contributed by atoms with van der Waals surface area (Å²) in [7, 11) is 1.93. The van der Waals surface area contributed by atoms with Gasteiger partial charge in [0.15, 0.2) is 0 Å². The molecule has 2 fully saturated rings. The molecule has 0 aromatic carbocycles. The normalized spacial score (nSPS) is 25.1. The molecule has 98 valence electrons. The Labute approximate surface area is 109 Å². The van der Waals surface area contributed by atoms with Crippen LogP contribution in [-0.4, -0.2) is 41.5 Å². The van der Waals surface area contributed by atoms with Gasteiger partial charge in [-0.25, -0.2) is 4.98 Å². The molecule has 18 heavy (non-hydrogen) atoms. The topological polar surface area (TPSA) is 41.1 Å². The Bertz CT molecular complexity index is 403. The van der Waals surface area contributed by atoms with E-state index in [9.17, 15) is 0 Å². The van der Waals surface area contributed by atoms with Crippen molar-refractivity contribution in [1.29, 1.82) is 0 Å². The lowest BCUT2D eigenvalue weighted by molar-refractivity contribution is 0.199. The average Bonchev–Trinajstić information content (AvgIpc) is 3.23. The van der Waals surface area contributed by atoms with Crippen LogP contribution in [0, 0.1) is 5.92 Å². The maximum absolute atomic E-state index is 4.55. The predicted octanol–water partition coefficient (Wildman–Crippen LogP) is 2.11. The zero-order valence-electron chi connectivity index (χ0n) is 11.1. The molecule has 1 aliphatic carbocycles. The van der Waals surface area contributed by atoms with Gasteiger partial charge < -0.3 is 10.2 Å². The number of piperidine rings is 1. The Morgan fingerprint density at radius 1 is 1.28 bits per heavy atom. The summed E-state index contributed by atoms with van der Waals surface area (Å²) in [6.07, 6.45) is 8.99. The monoisotopic (exact) mass is 246 g/mol. The molecule has 0 bridgehead atoms. The number of hydrogen-bond donors (Lipinski definition) is 1. The van der Waals surface area contributed by atoms with Crippen molar-refractivity contribution in [2.75, 3.05) is 32.0 Å². The molecule has 1 saturated carbocycles. The maximum atomic E-state index is 4.55. The van der Waals surface area contributed by atoms with Gasteiger partial charge in [-0.15, -0.1) is 0 Å². The maximum Gasteiger partial charge on any atom is 0.147 e. The lowest BCUT2D eigenvalue weighted by Crippen LogP contribution is -2.36. The molecule has 1 aliphatic heterocycles. The first-order chi connectivity index (χ1) is 8.86. The van der Waals surface area contributed by atoms with Crippen molar-refractivity contribution in [2.45, 2.75) is 31.6 Å². The molecule has 4 heteroatoms. The molecule has 1 unspecified atom stereocenters. The zero-order valence-corrected chi connectivity index (χ0v) is 11.1. The third-order valence-corrected chi connectivity index (χ3v) is 4.07. The van der Waals surface area contributed by atoms with Crippen LogP contribution in [0.5, 0.6) is 0 Å². The Hall–Kier alpha value is -1.16. The number of hydrogen-bond acceptors (Lipinski definition) is 4. The van der Waals surface area contributed by atoms with Crippen molar-refractivity contribution in [2.24, 2.45) is 5.92 Å². The van der Waals surface area contributed by atoms with E-state index >= 15 is 0 Å². The molecule has 2 heterocycles. The second-order valence-electron chi connectivity index (χ2n) is 5.58. The summed E-state index contributed by atoms with van der Waals surface area (Å²) in [5, 5.41) is 3.17. The SMILES string of the molecule is CNc1nccnc1C1CCCN(CC2CC2)C1. The molecular formula is C14H22N4. The molecule has 2 aliphatic rings. The lowest BCUT2D eigenvalue weighted by Gasteiger charge is -2.32. The smallest absolute Gasteiger partial charge is 0.147 e. The minimum atomic E-state index is 0.550. The molecule has 3 rings (SSSR count). The first kappa shape index (κ1) is 11.9. The Balaban J connectivity index is 1.70. The van der Waals surface area contributed by atoms with E-state index in [4.69, 9.17) is 0 Å². The number of anilines is 1. The number of likely N-dealkylation sites (tertiary alicyclic amines) is 1. The van der Waals surface area contributed by atoms with Gasteiger partial charge in [0, 0.05) is 38.4 Å². The van der Waals surface area contributed by atoms with Crippen molar-refractivity contribution in [3.63, 3.8) is 0 Å². The molecule has 1 saturated heterocycles. The van der Waals surface area contributed by atoms with Crippen molar-refractivity contribution in [3.8, 4) is 0 Å². The van der Waals surface area contributed by atoms with Crippen LogP contribution in [-0.2, 0) is 0 Å². The predicted molar refractivity (Wildman–Crippen MR) is 72.7 cm³/mol. The third kappa shape index (κ3) is 2.64. The van der Waals surface area contributed by atoms with Gasteiger partial charge >= 0.3 is 0 Å². The summed E-state index contributed by atoms with van der Waals surface area (Å²) >= 11 is 0. The molecule has 1 aromatic rings. The van der Waals surface area contributed by atoms with Crippen LogP contribution in [0.2, 0.25) is 0 Å². The molecular weight excluding hydrogens is 224 g/mol. The summed E-state index contributed by atoms with van der Waals surface area (Å²) < 4.78 is 0. The molecule has 0 amide bonds. The first-order valence-corrected chi connectivity index (χ1v) is 7.08. The summed E-state index contributed by atoms with van der Waals surface area (Å²) in [4.78, 5) is 11.6. The minimum Gasteiger partial charge on any atom is -0.372 e. The van der Waals surface area contributed by atoms with Gasteiger partial charge in [0.05, 0.1) is 5.69 Å². The molecule has 0 radical (unpaired) electrons. The van der Waals surface area contributed by atoms with Crippen LogP contribution in [0.1, 0.15) is 37.3 Å². The average molecular weight is 246 g/mol. The van der Waals surface area contributed by atoms with Crippen LogP contribution in [0.15, 0.2) is 12.4 Å². The van der Waals surface area contributed by atoms with E-state index in [1.165, 1.54) is 38.8 Å². The van der Waals surface area contributed by atoms with Crippen LogP contribution in [0.25, 0.3) is 0 Å². The molecule has 0 spiro atoms. The number of aromatic nitrogens is 2. The van der Waals surface area contributed by atoms with Gasteiger partial charge in [-0.3, -0.25) is 4.98 Å². The van der Waals surface area contributed by atoms with Crippen molar-refractivity contribution < 1.29 is 0 Å². The highest BCUT2D eigenvalue weighted by atomic mass is 15.1. The van der Waals surface area contributed by atoms with Crippen LogP contribution < -0.4 is 5.32 Å². The van der Waals surface area contributed by atoms with Crippen molar-refractivity contribution in [3.05, 3.63) is 18.1 Å². The van der Waals surface area contributed by atoms with Crippen LogP contribution in [0.4, 0.5) is 5.82 Å². The Kier molecular flexibility index (Phi) is 3.46. The second kappa shape index (κ2) is 5.22. The fourth-order valence-electron chi connectivity index (χ4n) is 2.95. The van der Waals surface area contributed by atoms with Gasteiger partial charge in [-0.1, -0.05) is 0 Å². The number of nitrogens with one attached hydrogen (secondary N) is 1. The van der Waals surface area contributed by atoms with Gasteiger partial charge in [-0.2, -0.15) is 0 Å². The number of rotatable bonds is 4. The van der Waals surface area contributed by atoms with Gasteiger partial charge in [0.1, 0.15) is 5.82 Å². The van der Waals surface area contributed by atoms with E-state index in [1.54, 1.807) is 6.20 Å². The summed E-state index contributed by atoms with van der Waals surface area (Å²) in [5.74, 6) is 2.49. The minimum absolute atomic E-state index is 0.550. The largest absolute Gasteiger partial charge is 0.372 e. The van der Waals surface area contributed by atoms with Gasteiger partial charge in [-0.05, 0) is 38.1 Å². The van der Waals surface area contributed by atoms with Crippen LogP contribution in [0.3, 0.4) is 0 Å². The summed E-state index contributed by atoms with van der Waals surface area (Å²) in [6, 6.07) is 0. The molecule has 1 aromatic heterocycles. The fraction of sp³-hybridized carbons (Fsp3) is 0.714. The van der Waals surface area contributed by atoms with E-state index in [2.05, 4.69) is 20.2 Å². The standard InChI is InChI=1S/C14H22N4/c1-15-14-13(16-6-7-17-14)12-3-2-8-18(10-12)9-11-4-5-11/h6-7,11-12H,2-5,8-10H2,1H3,(H,15,17). The molecule has 4 nitrogen and oxygen atoms in total. The van der Waals surface area contributed by atoms with E-state index in [-0.39, 0.29) is 0 Å². The highest BCUT2D eigenvalue weighted by Crippen LogP contribution is 2.33. The van der Waals surface area contributed by atoms with E-state index in [1.807, 2.05) is 13.2 Å². The van der Waals surface area contributed by atoms with E-state index in [0.29, 0.717) is 5.92 Å². The fourth-order valence-corrected chi connectivity index (χ4v) is 2.95. The number of nitrogens with zero attached hydrogens (tertiary/aromatic N) is 3. The van der Waals surface area contributed by atoms with Gasteiger partial charge in [0.2, 0.25) is 0 Å². The quantitative estimate of drug-likeness (QED) is 0.883. The molecule has 1 N–H and O–H groups in total. The molecule has 1 atom stereocenters. The second-order valence-corrected chi connectivity index (χ2v) is 5.58. The Morgan fingerprint density at radius 3 is 2.89 bits per heavy atom.